The van der Waals surface area contributed by atoms with Crippen LogP contribution < -0.4 is 5.32 Å². The van der Waals surface area contributed by atoms with Gasteiger partial charge in [-0.05, 0) is 44.0 Å². The molecule has 0 saturated heterocycles. The lowest BCUT2D eigenvalue weighted by molar-refractivity contribution is 1.08. The summed E-state index contributed by atoms with van der Waals surface area (Å²) >= 11 is 0. The number of aromatic amines is 1. The Hall–Kier alpha value is -2.36. The molecule has 0 saturated carbocycles. The molecule has 3 rings (SSSR count). The third-order valence-electron chi connectivity index (χ3n) is 3.12. The Kier molecular flexibility index (Phi) is 2.71. The van der Waals surface area contributed by atoms with Crippen molar-refractivity contribution in [3.05, 3.63) is 47.4 Å². The summed E-state index contributed by atoms with van der Waals surface area (Å²) in [6.07, 6.45) is 1.96. The molecule has 0 aliphatic heterocycles. The normalized spacial score (nSPS) is 10.9. The van der Waals surface area contributed by atoms with Crippen LogP contribution in [-0.4, -0.2) is 15.0 Å². The molecule has 2 heterocycles. The predicted octanol–water partition coefficient (Wildman–Crippen LogP) is 3.63. The molecule has 0 fully saturated rings. The molecule has 0 aliphatic carbocycles. The summed E-state index contributed by atoms with van der Waals surface area (Å²) in [6, 6.07) is 8.25. The van der Waals surface area contributed by atoms with E-state index >= 15 is 0 Å². The van der Waals surface area contributed by atoms with Gasteiger partial charge in [-0.3, -0.25) is 0 Å². The number of nitrogens with one attached hydrogen (secondary N) is 2. The Morgan fingerprint density at radius 3 is 2.74 bits per heavy atom. The molecule has 0 spiro atoms. The maximum absolute atomic E-state index is 4.52. The van der Waals surface area contributed by atoms with Gasteiger partial charge in [0.25, 0.3) is 0 Å². The standard InChI is InChI=1S/C15H16N4/c1-9-5-4-6-12(7-9)19-15-13-10(2)8-16-14(13)17-11(3)18-15/h4-8H,1-3H3,(H2,16,17,18,19). The summed E-state index contributed by atoms with van der Waals surface area (Å²) in [5.41, 5.74) is 4.28. The first-order valence-corrected chi connectivity index (χ1v) is 6.29. The fourth-order valence-corrected chi connectivity index (χ4v) is 2.25. The van der Waals surface area contributed by atoms with Gasteiger partial charge in [-0.2, -0.15) is 0 Å². The molecule has 0 unspecified atom stereocenters. The summed E-state index contributed by atoms with van der Waals surface area (Å²) in [7, 11) is 0. The molecule has 4 nitrogen and oxygen atoms in total. The van der Waals surface area contributed by atoms with Crippen LogP contribution in [0.5, 0.6) is 0 Å². The van der Waals surface area contributed by atoms with E-state index in [0.717, 1.165) is 33.9 Å². The Balaban J connectivity index is 2.11. The lowest BCUT2D eigenvalue weighted by atomic mass is 10.2. The number of nitrogens with zero attached hydrogens (tertiary/aromatic N) is 2. The van der Waals surface area contributed by atoms with Gasteiger partial charge in [-0.25, -0.2) is 9.97 Å². The summed E-state index contributed by atoms with van der Waals surface area (Å²) in [6.45, 7) is 6.03. The number of fused-ring (bicyclic) bond motifs is 1. The second-order valence-electron chi connectivity index (χ2n) is 4.81. The molecule has 0 atom stereocenters. The van der Waals surface area contributed by atoms with Gasteiger partial charge in [0.1, 0.15) is 17.3 Å². The van der Waals surface area contributed by atoms with E-state index in [4.69, 9.17) is 0 Å². The average Bonchev–Trinajstić information content (AvgIpc) is 2.71. The summed E-state index contributed by atoms with van der Waals surface area (Å²) < 4.78 is 0. The van der Waals surface area contributed by atoms with Crippen molar-refractivity contribution in [3.8, 4) is 0 Å². The van der Waals surface area contributed by atoms with Gasteiger partial charge < -0.3 is 10.3 Å². The SMILES string of the molecule is Cc1cccc(Nc2nc(C)nc3[nH]cc(C)c23)c1. The summed E-state index contributed by atoms with van der Waals surface area (Å²) in [5, 5.41) is 4.43. The van der Waals surface area contributed by atoms with Crippen molar-refractivity contribution >= 4 is 22.5 Å². The van der Waals surface area contributed by atoms with Crippen LogP contribution in [0.15, 0.2) is 30.5 Å². The number of rotatable bonds is 2. The Morgan fingerprint density at radius 1 is 1.11 bits per heavy atom. The van der Waals surface area contributed by atoms with E-state index in [2.05, 4.69) is 46.2 Å². The second-order valence-corrected chi connectivity index (χ2v) is 4.81. The van der Waals surface area contributed by atoms with E-state index in [-0.39, 0.29) is 0 Å². The largest absolute Gasteiger partial charge is 0.346 e. The molecular formula is C15H16N4. The van der Waals surface area contributed by atoms with Crippen LogP contribution in [-0.2, 0) is 0 Å². The Morgan fingerprint density at radius 2 is 1.95 bits per heavy atom. The van der Waals surface area contributed by atoms with Gasteiger partial charge in [-0.1, -0.05) is 12.1 Å². The van der Waals surface area contributed by atoms with Crippen LogP contribution in [0.25, 0.3) is 11.0 Å². The maximum atomic E-state index is 4.52. The lowest BCUT2D eigenvalue weighted by Crippen LogP contribution is -1.99. The van der Waals surface area contributed by atoms with Crippen LogP contribution >= 0.6 is 0 Å². The highest BCUT2D eigenvalue weighted by molar-refractivity contribution is 5.92. The molecule has 1 aromatic carbocycles. The number of aromatic nitrogens is 3. The number of hydrogen-bond acceptors (Lipinski definition) is 3. The van der Waals surface area contributed by atoms with Gasteiger partial charge in [0.15, 0.2) is 0 Å². The van der Waals surface area contributed by atoms with Crippen LogP contribution in [0.4, 0.5) is 11.5 Å². The Bertz CT molecular complexity index is 743. The third-order valence-corrected chi connectivity index (χ3v) is 3.12. The van der Waals surface area contributed by atoms with Gasteiger partial charge in [0.05, 0.1) is 5.39 Å². The minimum absolute atomic E-state index is 0.754. The van der Waals surface area contributed by atoms with Crippen molar-refractivity contribution in [2.24, 2.45) is 0 Å². The fraction of sp³-hybridized carbons (Fsp3) is 0.200. The first-order valence-electron chi connectivity index (χ1n) is 6.29. The molecule has 0 bridgehead atoms. The number of benzene rings is 1. The van der Waals surface area contributed by atoms with Crippen LogP contribution in [0, 0.1) is 20.8 Å². The zero-order valence-electron chi connectivity index (χ0n) is 11.3. The van der Waals surface area contributed by atoms with E-state index < -0.39 is 0 Å². The number of anilines is 2. The molecule has 4 heteroatoms. The zero-order chi connectivity index (χ0) is 13.4. The van der Waals surface area contributed by atoms with Gasteiger partial charge in [0.2, 0.25) is 0 Å². The van der Waals surface area contributed by atoms with E-state index in [1.54, 1.807) is 0 Å². The highest BCUT2D eigenvalue weighted by Gasteiger charge is 2.10. The molecule has 3 aromatic rings. The van der Waals surface area contributed by atoms with E-state index in [1.807, 2.05) is 25.3 Å². The van der Waals surface area contributed by atoms with Gasteiger partial charge >= 0.3 is 0 Å². The zero-order valence-corrected chi connectivity index (χ0v) is 11.3. The first-order chi connectivity index (χ1) is 9.13. The topological polar surface area (TPSA) is 53.6 Å². The number of hydrogen-bond donors (Lipinski definition) is 2. The third kappa shape index (κ3) is 2.17. The maximum Gasteiger partial charge on any atom is 0.143 e. The molecule has 0 radical (unpaired) electrons. The van der Waals surface area contributed by atoms with E-state index in [9.17, 15) is 0 Å². The number of H-pyrrole nitrogens is 1. The van der Waals surface area contributed by atoms with E-state index in [0.29, 0.717) is 0 Å². The smallest absolute Gasteiger partial charge is 0.143 e. The highest BCUT2D eigenvalue weighted by atomic mass is 15.1. The lowest BCUT2D eigenvalue weighted by Gasteiger charge is -2.09. The summed E-state index contributed by atoms with van der Waals surface area (Å²) in [4.78, 5) is 12.1. The van der Waals surface area contributed by atoms with Crippen molar-refractivity contribution in [1.82, 2.24) is 15.0 Å². The van der Waals surface area contributed by atoms with Crippen molar-refractivity contribution in [3.63, 3.8) is 0 Å². The second kappa shape index (κ2) is 4.39. The van der Waals surface area contributed by atoms with Gasteiger partial charge in [0, 0.05) is 11.9 Å². The van der Waals surface area contributed by atoms with Crippen molar-refractivity contribution in [1.29, 1.82) is 0 Å². The molecule has 0 amide bonds. The average molecular weight is 252 g/mol. The fourth-order valence-electron chi connectivity index (χ4n) is 2.25. The van der Waals surface area contributed by atoms with Gasteiger partial charge in [-0.15, -0.1) is 0 Å². The molecule has 96 valence electrons. The van der Waals surface area contributed by atoms with Crippen LogP contribution in [0.2, 0.25) is 0 Å². The van der Waals surface area contributed by atoms with Crippen molar-refractivity contribution < 1.29 is 0 Å². The molecule has 2 aromatic heterocycles. The minimum atomic E-state index is 0.754. The van der Waals surface area contributed by atoms with Crippen molar-refractivity contribution in [2.75, 3.05) is 5.32 Å². The highest BCUT2D eigenvalue weighted by Crippen LogP contribution is 2.26. The minimum Gasteiger partial charge on any atom is -0.346 e. The Labute approximate surface area is 111 Å². The van der Waals surface area contributed by atoms with Crippen molar-refractivity contribution in [2.45, 2.75) is 20.8 Å². The van der Waals surface area contributed by atoms with E-state index in [1.165, 1.54) is 5.56 Å². The molecule has 0 aliphatic rings. The predicted molar refractivity (Wildman–Crippen MR) is 77.8 cm³/mol. The number of aryl methyl sites for hydroxylation is 3. The monoisotopic (exact) mass is 252 g/mol. The van der Waals surface area contributed by atoms with Crippen LogP contribution in [0.1, 0.15) is 17.0 Å². The van der Waals surface area contributed by atoms with Crippen LogP contribution in [0.3, 0.4) is 0 Å². The quantitative estimate of drug-likeness (QED) is 0.732. The molecular weight excluding hydrogens is 236 g/mol. The molecule has 19 heavy (non-hydrogen) atoms. The summed E-state index contributed by atoms with van der Waals surface area (Å²) in [5.74, 6) is 1.61. The first kappa shape index (κ1) is 11.7. The molecule has 2 N–H and O–H groups in total.